The Morgan fingerprint density at radius 1 is 1.40 bits per heavy atom. The van der Waals surface area contributed by atoms with E-state index in [1.165, 1.54) is 11.3 Å². The normalized spacial score (nSPS) is 17.5. The van der Waals surface area contributed by atoms with Crippen LogP contribution >= 0.6 is 11.3 Å². The highest BCUT2D eigenvalue weighted by atomic mass is 32.1. The van der Waals surface area contributed by atoms with Crippen molar-refractivity contribution in [3.8, 4) is 0 Å². The average molecular weight is 227 g/mol. The van der Waals surface area contributed by atoms with Gasteiger partial charge in [0.1, 0.15) is 4.88 Å². The van der Waals surface area contributed by atoms with Gasteiger partial charge >= 0.3 is 5.97 Å². The number of carboxylic acid groups (broad SMARTS) is 1. The Kier molecular flexibility index (Phi) is 3.23. The van der Waals surface area contributed by atoms with Crippen LogP contribution in [0, 0.1) is 0 Å². The molecule has 2 heterocycles. The fourth-order valence-corrected chi connectivity index (χ4v) is 2.48. The minimum Gasteiger partial charge on any atom is -0.477 e. The Morgan fingerprint density at radius 2 is 2.27 bits per heavy atom. The van der Waals surface area contributed by atoms with E-state index in [0.29, 0.717) is 4.88 Å². The standard InChI is InChI=1S/C10H13NO3S/c12-10(13)8-2-3-9(15-8)11-4-1-6-14-7-5-11/h2-3H,1,4-7H2,(H,12,13). The Bertz CT molecular complexity index is 342. The first-order chi connectivity index (χ1) is 7.27. The summed E-state index contributed by atoms with van der Waals surface area (Å²) in [4.78, 5) is 13.3. The predicted molar refractivity (Wildman–Crippen MR) is 58.9 cm³/mol. The maximum atomic E-state index is 10.7. The quantitative estimate of drug-likeness (QED) is 0.835. The topological polar surface area (TPSA) is 49.8 Å². The summed E-state index contributed by atoms with van der Waals surface area (Å²) < 4.78 is 5.35. The van der Waals surface area contributed by atoms with Gasteiger partial charge in [0.2, 0.25) is 0 Å². The summed E-state index contributed by atoms with van der Waals surface area (Å²) in [5, 5.41) is 9.85. The van der Waals surface area contributed by atoms with Gasteiger partial charge in [-0.2, -0.15) is 0 Å². The SMILES string of the molecule is O=C(O)c1ccc(N2CCCOCC2)s1. The Morgan fingerprint density at radius 3 is 3.00 bits per heavy atom. The summed E-state index contributed by atoms with van der Waals surface area (Å²) in [6.07, 6.45) is 1.00. The summed E-state index contributed by atoms with van der Waals surface area (Å²) in [6.45, 7) is 3.31. The van der Waals surface area contributed by atoms with Crippen LogP contribution in [0.5, 0.6) is 0 Å². The number of hydrogen-bond donors (Lipinski definition) is 1. The average Bonchev–Trinajstić information content (AvgIpc) is 2.55. The molecule has 1 N–H and O–H groups in total. The van der Waals surface area contributed by atoms with Gasteiger partial charge < -0.3 is 14.7 Å². The predicted octanol–water partition coefficient (Wildman–Crippen LogP) is 1.67. The molecule has 0 unspecified atom stereocenters. The summed E-state index contributed by atoms with van der Waals surface area (Å²) in [5.74, 6) is -0.850. The van der Waals surface area contributed by atoms with E-state index in [4.69, 9.17) is 9.84 Å². The molecule has 0 spiro atoms. The van der Waals surface area contributed by atoms with E-state index < -0.39 is 5.97 Å². The van der Waals surface area contributed by atoms with Crippen LogP contribution in [0.3, 0.4) is 0 Å². The molecule has 2 rings (SSSR count). The van der Waals surface area contributed by atoms with E-state index in [1.807, 2.05) is 6.07 Å². The molecule has 15 heavy (non-hydrogen) atoms. The van der Waals surface area contributed by atoms with Crippen molar-refractivity contribution in [1.29, 1.82) is 0 Å². The minimum atomic E-state index is -0.850. The number of nitrogens with zero attached hydrogens (tertiary/aromatic N) is 1. The molecule has 0 atom stereocenters. The zero-order chi connectivity index (χ0) is 10.7. The number of anilines is 1. The van der Waals surface area contributed by atoms with E-state index in [2.05, 4.69) is 4.90 Å². The highest BCUT2D eigenvalue weighted by molar-refractivity contribution is 7.17. The molecule has 0 bridgehead atoms. The van der Waals surface area contributed by atoms with Crippen LogP contribution in [-0.4, -0.2) is 37.4 Å². The Labute approximate surface area is 92.1 Å². The lowest BCUT2D eigenvalue weighted by molar-refractivity contribution is 0.0702. The second-order valence-corrected chi connectivity index (χ2v) is 4.46. The highest BCUT2D eigenvalue weighted by Gasteiger charge is 2.14. The van der Waals surface area contributed by atoms with E-state index in [1.54, 1.807) is 6.07 Å². The Hall–Kier alpha value is -1.07. The molecule has 0 aromatic carbocycles. The summed E-state index contributed by atoms with van der Waals surface area (Å²) in [5.41, 5.74) is 0. The Balaban J connectivity index is 2.10. The van der Waals surface area contributed by atoms with Crippen molar-refractivity contribution < 1.29 is 14.6 Å². The summed E-state index contributed by atoms with van der Waals surface area (Å²) >= 11 is 1.33. The molecule has 0 aliphatic carbocycles. The lowest BCUT2D eigenvalue weighted by Crippen LogP contribution is -2.24. The van der Waals surface area contributed by atoms with Crippen molar-refractivity contribution >= 4 is 22.3 Å². The van der Waals surface area contributed by atoms with Crippen LogP contribution < -0.4 is 4.90 Å². The number of rotatable bonds is 2. The molecule has 1 fully saturated rings. The molecule has 5 heteroatoms. The van der Waals surface area contributed by atoms with Crippen LogP contribution in [0.25, 0.3) is 0 Å². The van der Waals surface area contributed by atoms with Crippen LogP contribution in [-0.2, 0) is 4.74 Å². The molecule has 1 aliphatic rings. The molecule has 4 nitrogen and oxygen atoms in total. The summed E-state index contributed by atoms with van der Waals surface area (Å²) in [7, 11) is 0. The van der Waals surface area contributed by atoms with Crippen LogP contribution in [0.1, 0.15) is 16.1 Å². The first kappa shape index (κ1) is 10.4. The largest absolute Gasteiger partial charge is 0.477 e. The third kappa shape index (κ3) is 2.49. The van der Waals surface area contributed by atoms with Crippen molar-refractivity contribution in [3.63, 3.8) is 0 Å². The summed E-state index contributed by atoms with van der Waals surface area (Å²) in [6, 6.07) is 3.54. The molecular weight excluding hydrogens is 214 g/mol. The minimum absolute atomic E-state index is 0.398. The number of ether oxygens (including phenoxy) is 1. The number of carbonyl (C=O) groups is 1. The zero-order valence-electron chi connectivity index (χ0n) is 8.31. The molecule has 1 aromatic heterocycles. The number of hydrogen-bond acceptors (Lipinski definition) is 4. The van der Waals surface area contributed by atoms with Gasteiger partial charge in [0.05, 0.1) is 11.6 Å². The van der Waals surface area contributed by atoms with Gasteiger partial charge in [0.25, 0.3) is 0 Å². The van der Waals surface area contributed by atoms with E-state index in [-0.39, 0.29) is 0 Å². The molecule has 0 amide bonds. The second kappa shape index (κ2) is 4.63. The van der Waals surface area contributed by atoms with Gasteiger partial charge in [0.15, 0.2) is 0 Å². The third-order valence-electron chi connectivity index (χ3n) is 2.34. The molecule has 1 saturated heterocycles. The van der Waals surface area contributed by atoms with Crippen molar-refractivity contribution in [3.05, 3.63) is 17.0 Å². The van der Waals surface area contributed by atoms with Gasteiger partial charge in [-0.15, -0.1) is 11.3 Å². The lowest BCUT2D eigenvalue weighted by Gasteiger charge is -2.19. The van der Waals surface area contributed by atoms with Crippen molar-refractivity contribution in [2.24, 2.45) is 0 Å². The lowest BCUT2D eigenvalue weighted by atomic mass is 10.4. The van der Waals surface area contributed by atoms with Crippen LogP contribution in [0.15, 0.2) is 12.1 Å². The van der Waals surface area contributed by atoms with Gasteiger partial charge in [-0.3, -0.25) is 0 Å². The number of thiophene rings is 1. The first-order valence-corrected chi connectivity index (χ1v) is 5.75. The third-order valence-corrected chi connectivity index (χ3v) is 3.47. The molecule has 1 aliphatic heterocycles. The second-order valence-electron chi connectivity index (χ2n) is 3.40. The van der Waals surface area contributed by atoms with Crippen molar-refractivity contribution in [1.82, 2.24) is 0 Å². The van der Waals surface area contributed by atoms with Crippen LogP contribution in [0.4, 0.5) is 5.00 Å². The number of carboxylic acids is 1. The fraction of sp³-hybridized carbons (Fsp3) is 0.500. The van der Waals surface area contributed by atoms with E-state index in [9.17, 15) is 4.79 Å². The monoisotopic (exact) mass is 227 g/mol. The van der Waals surface area contributed by atoms with E-state index in [0.717, 1.165) is 37.7 Å². The molecule has 82 valence electrons. The highest BCUT2D eigenvalue weighted by Crippen LogP contribution is 2.26. The maximum absolute atomic E-state index is 10.7. The first-order valence-electron chi connectivity index (χ1n) is 4.93. The smallest absolute Gasteiger partial charge is 0.345 e. The number of aromatic carboxylic acids is 1. The maximum Gasteiger partial charge on any atom is 0.345 e. The molecular formula is C10H13NO3S. The van der Waals surface area contributed by atoms with E-state index >= 15 is 0 Å². The van der Waals surface area contributed by atoms with Crippen molar-refractivity contribution in [2.75, 3.05) is 31.2 Å². The molecule has 0 saturated carbocycles. The molecule has 1 aromatic rings. The van der Waals surface area contributed by atoms with Crippen molar-refractivity contribution in [2.45, 2.75) is 6.42 Å². The van der Waals surface area contributed by atoms with Gasteiger partial charge in [0, 0.05) is 19.7 Å². The van der Waals surface area contributed by atoms with Gasteiger partial charge in [-0.25, -0.2) is 4.79 Å². The van der Waals surface area contributed by atoms with Gasteiger partial charge in [-0.05, 0) is 18.6 Å². The zero-order valence-corrected chi connectivity index (χ0v) is 9.13. The van der Waals surface area contributed by atoms with Crippen LogP contribution in [0.2, 0.25) is 0 Å². The van der Waals surface area contributed by atoms with Gasteiger partial charge in [-0.1, -0.05) is 0 Å². The fourth-order valence-electron chi connectivity index (χ4n) is 1.58. The molecule has 0 radical (unpaired) electrons.